The van der Waals surface area contributed by atoms with Crippen molar-refractivity contribution in [2.24, 2.45) is 46.3 Å². The predicted octanol–water partition coefficient (Wildman–Crippen LogP) is 2.85. The summed E-state index contributed by atoms with van der Waals surface area (Å²) in [6, 6.07) is 0. The summed E-state index contributed by atoms with van der Waals surface area (Å²) in [7, 11) is -4.14. The van der Waals surface area contributed by atoms with Gasteiger partial charge in [0, 0.05) is 18.3 Å². The molecule has 0 bridgehead atoms. The van der Waals surface area contributed by atoms with E-state index in [9.17, 15) is 23.1 Å². The van der Waals surface area contributed by atoms with Crippen LogP contribution in [0, 0.1) is 40.4 Å². The van der Waals surface area contributed by atoms with Crippen molar-refractivity contribution in [2.75, 3.05) is 6.61 Å². The molecule has 3 N–H and O–H groups in total. The number of ketones is 2. The Morgan fingerprint density at radius 3 is 2.64 bits per heavy atom. The van der Waals surface area contributed by atoms with Gasteiger partial charge in [-0.05, 0) is 79.6 Å². The van der Waals surface area contributed by atoms with Gasteiger partial charge >= 0.3 is 10.4 Å². The number of aliphatic hydroxyl groups is 1. The number of hydrogen-bond acceptors (Lipinski definition) is 8. The summed E-state index contributed by atoms with van der Waals surface area (Å²) in [5.41, 5.74) is 0.354. The molecule has 4 aliphatic rings. The monoisotopic (exact) mass is 483 g/mol. The van der Waals surface area contributed by atoms with E-state index < -0.39 is 21.9 Å². The maximum atomic E-state index is 13.8. The van der Waals surface area contributed by atoms with E-state index in [-0.39, 0.29) is 53.2 Å². The molecule has 3 fully saturated rings. The number of fused-ring (bicyclic) bond motifs is 5. The zero-order chi connectivity index (χ0) is 24.2. The van der Waals surface area contributed by atoms with Gasteiger partial charge in [-0.2, -0.15) is 18.6 Å². The molecule has 3 saturated carbocycles. The normalized spacial score (nSPS) is 41.7. The number of rotatable bonds is 7. The fourth-order valence-electron chi connectivity index (χ4n) is 7.98. The Bertz CT molecular complexity index is 946. The lowest BCUT2D eigenvalue weighted by molar-refractivity contribution is -0.157. The third kappa shape index (κ3) is 4.14. The van der Waals surface area contributed by atoms with Gasteiger partial charge in [0.2, 0.25) is 0 Å². The third-order valence-corrected chi connectivity index (χ3v) is 10.4. The lowest BCUT2D eigenvalue weighted by atomic mass is 9.45. The maximum Gasteiger partial charge on any atom is 0.415 e. The zero-order valence-corrected chi connectivity index (χ0v) is 20.6. The van der Waals surface area contributed by atoms with Crippen LogP contribution in [0.25, 0.3) is 0 Å². The standard InChI is InChI=1S/C24H37NO7S/c1-14(5-4-10-31-33(29,30)32-25)17-6-7-18-22-19(13-21(28)24(17,18)3)23(2)9-8-16(26)11-15(23)12-20(22)27/h11,14,17-20,22,27H,4-10,12-13,25H2,1-3H3/t14-,17-,18+,19+,20-,22+,23+,24-/m1/s1. The molecule has 0 radical (unpaired) electrons. The lowest BCUT2D eigenvalue weighted by Crippen LogP contribution is -2.59. The predicted molar refractivity (Wildman–Crippen MR) is 121 cm³/mol. The van der Waals surface area contributed by atoms with Crippen LogP contribution in [-0.2, 0) is 28.5 Å². The highest BCUT2D eigenvalue weighted by molar-refractivity contribution is 7.81. The van der Waals surface area contributed by atoms with Crippen molar-refractivity contribution in [1.29, 1.82) is 0 Å². The van der Waals surface area contributed by atoms with Crippen molar-refractivity contribution in [3.8, 4) is 0 Å². The highest BCUT2D eigenvalue weighted by atomic mass is 32.3. The Labute approximate surface area is 196 Å². The van der Waals surface area contributed by atoms with Crippen molar-refractivity contribution in [3.05, 3.63) is 11.6 Å². The van der Waals surface area contributed by atoms with E-state index in [1.54, 1.807) is 6.08 Å². The van der Waals surface area contributed by atoms with Crippen LogP contribution in [0.4, 0.5) is 0 Å². The minimum atomic E-state index is -4.14. The minimum absolute atomic E-state index is 0.0136. The molecule has 8 atom stereocenters. The van der Waals surface area contributed by atoms with Crippen LogP contribution in [0.5, 0.6) is 0 Å². The summed E-state index contributed by atoms with van der Waals surface area (Å²) < 4.78 is 31.0. The van der Waals surface area contributed by atoms with Crippen LogP contribution in [0.2, 0.25) is 0 Å². The van der Waals surface area contributed by atoms with Gasteiger partial charge in [0.1, 0.15) is 5.78 Å². The second kappa shape index (κ2) is 8.82. The minimum Gasteiger partial charge on any atom is -0.392 e. The Kier molecular flexibility index (Phi) is 6.68. The van der Waals surface area contributed by atoms with E-state index in [0.717, 1.165) is 31.3 Å². The maximum absolute atomic E-state index is 13.8. The fraction of sp³-hybridized carbons (Fsp3) is 0.833. The van der Waals surface area contributed by atoms with Crippen molar-refractivity contribution in [2.45, 2.75) is 78.2 Å². The van der Waals surface area contributed by atoms with E-state index >= 15 is 0 Å². The Hall–Kier alpha value is -1.13. The number of carbonyl (C=O) groups excluding carboxylic acids is 2. The average Bonchev–Trinajstić information content (AvgIpc) is 3.12. The molecule has 0 amide bonds. The van der Waals surface area contributed by atoms with E-state index in [0.29, 0.717) is 25.7 Å². The second-order valence-corrected chi connectivity index (χ2v) is 12.4. The molecule has 0 aromatic rings. The average molecular weight is 484 g/mol. The molecule has 4 aliphatic carbocycles. The molecular formula is C24H37NO7S. The van der Waals surface area contributed by atoms with Crippen LogP contribution in [0.3, 0.4) is 0 Å². The largest absolute Gasteiger partial charge is 0.415 e. The van der Waals surface area contributed by atoms with Gasteiger partial charge in [-0.15, -0.1) is 0 Å². The number of hydrogen-bond donors (Lipinski definition) is 2. The van der Waals surface area contributed by atoms with Crippen LogP contribution in [0.15, 0.2) is 11.6 Å². The lowest BCUT2D eigenvalue weighted by Gasteiger charge is -2.59. The molecule has 0 saturated heterocycles. The first-order valence-corrected chi connectivity index (χ1v) is 13.5. The van der Waals surface area contributed by atoms with Crippen LogP contribution < -0.4 is 5.90 Å². The molecule has 0 heterocycles. The quantitative estimate of drug-likeness (QED) is 0.417. The van der Waals surface area contributed by atoms with E-state index in [2.05, 4.69) is 31.0 Å². The highest BCUT2D eigenvalue weighted by Gasteiger charge is 2.64. The number of nitrogens with two attached hydrogens (primary N) is 1. The molecule has 0 spiro atoms. The van der Waals surface area contributed by atoms with E-state index in [1.165, 1.54) is 0 Å². The van der Waals surface area contributed by atoms with Crippen molar-refractivity contribution >= 4 is 22.0 Å². The van der Waals surface area contributed by atoms with E-state index in [4.69, 9.17) is 4.18 Å². The summed E-state index contributed by atoms with van der Waals surface area (Å²) in [5.74, 6) is 5.77. The first-order chi connectivity index (χ1) is 15.4. The molecular weight excluding hydrogens is 446 g/mol. The topological polar surface area (TPSA) is 133 Å². The molecule has 8 nitrogen and oxygen atoms in total. The van der Waals surface area contributed by atoms with Crippen molar-refractivity contribution in [3.63, 3.8) is 0 Å². The van der Waals surface area contributed by atoms with Crippen LogP contribution in [-0.4, -0.2) is 37.8 Å². The van der Waals surface area contributed by atoms with E-state index in [1.807, 2.05) is 0 Å². The van der Waals surface area contributed by atoms with Gasteiger partial charge in [0.15, 0.2) is 5.78 Å². The highest BCUT2D eigenvalue weighted by Crippen LogP contribution is 2.66. The van der Waals surface area contributed by atoms with Crippen molar-refractivity contribution in [1.82, 2.24) is 0 Å². The Morgan fingerprint density at radius 1 is 1.21 bits per heavy atom. The van der Waals surface area contributed by atoms with Gasteiger partial charge in [-0.25, -0.2) is 4.18 Å². The summed E-state index contributed by atoms with van der Waals surface area (Å²) >= 11 is 0. The molecule has 0 aliphatic heterocycles. The summed E-state index contributed by atoms with van der Waals surface area (Å²) in [6.07, 6.45) is 6.55. The molecule has 4 rings (SSSR count). The third-order valence-electron chi connectivity index (χ3n) is 9.75. The second-order valence-electron chi connectivity index (χ2n) is 11.2. The van der Waals surface area contributed by atoms with Gasteiger partial charge < -0.3 is 5.11 Å². The number of Topliss-reactive ketones (excluding diaryl/α,β-unsaturated/α-hetero) is 1. The van der Waals surface area contributed by atoms with Gasteiger partial charge in [-0.3, -0.25) is 9.59 Å². The van der Waals surface area contributed by atoms with Crippen LogP contribution >= 0.6 is 0 Å². The van der Waals surface area contributed by atoms with Crippen molar-refractivity contribution < 1.29 is 31.6 Å². The van der Waals surface area contributed by atoms with Gasteiger partial charge in [0.25, 0.3) is 0 Å². The smallest absolute Gasteiger partial charge is 0.392 e. The first-order valence-electron chi connectivity index (χ1n) is 12.2. The summed E-state index contributed by atoms with van der Waals surface area (Å²) in [4.78, 5) is 25.8. The molecule has 9 heteroatoms. The Morgan fingerprint density at radius 2 is 1.94 bits per heavy atom. The fourth-order valence-corrected chi connectivity index (χ4v) is 8.36. The molecule has 0 unspecified atom stereocenters. The van der Waals surface area contributed by atoms with Crippen LogP contribution in [0.1, 0.15) is 72.1 Å². The summed E-state index contributed by atoms with van der Waals surface area (Å²) in [6.45, 7) is 6.40. The molecule has 33 heavy (non-hydrogen) atoms. The van der Waals surface area contributed by atoms with Gasteiger partial charge in [0.05, 0.1) is 12.7 Å². The molecule has 0 aromatic heterocycles. The molecule has 186 valence electrons. The zero-order valence-electron chi connectivity index (χ0n) is 19.8. The number of aliphatic hydroxyl groups excluding tert-OH is 1. The van der Waals surface area contributed by atoms with Gasteiger partial charge in [-0.1, -0.05) is 26.3 Å². The summed E-state index contributed by atoms with van der Waals surface area (Å²) in [5, 5.41) is 11.2. The first kappa shape index (κ1) is 25.0. The Balaban J connectivity index is 1.51. The molecule has 0 aromatic carbocycles. The number of carbonyl (C=O) groups is 2. The SMILES string of the molecule is C[C@H](CCCOS(=O)(=O)ON)[C@H]1CC[C@H]2[C@@H]3[C@H](O)CC4=CC(=O)CC[C@]4(C)[C@H]3CC(=O)[C@]12C.